The van der Waals surface area contributed by atoms with Crippen LogP contribution >= 0.6 is 0 Å². The molecular formula is C16H26O3Si. The summed E-state index contributed by atoms with van der Waals surface area (Å²) in [6.07, 6.45) is 3.56. The standard InChI is InChI=1S/C16H26O3Si/c1-16(2,3)20(5,6)19-14-10-9-13(8-7-11-17)12-15(14)18-4/h7-10,12,17H,11H2,1-6H3/b8-7+. The molecule has 0 heterocycles. The summed E-state index contributed by atoms with van der Waals surface area (Å²) < 4.78 is 11.7. The van der Waals surface area contributed by atoms with Crippen LogP contribution in [0.1, 0.15) is 26.3 Å². The highest BCUT2D eigenvalue weighted by Gasteiger charge is 2.39. The Bertz CT molecular complexity index is 473. The number of hydrogen-bond donors (Lipinski definition) is 1. The molecule has 4 heteroatoms. The minimum atomic E-state index is -1.87. The topological polar surface area (TPSA) is 38.7 Å². The van der Waals surface area contributed by atoms with Crippen molar-refractivity contribution in [3.63, 3.8) is 0 Å². The fourth-order valence-corrected chi connectivity index (χ4v) is 2.51. The van der Waals surface area contributed by atoms with Gasteiger partial charge < -0.3 is 14.3 Å². The second kappa shape index (κ2) is 6.46. The summed E-state index contributed by atoms with van der Waals surface area (Å²) in [6.45, 7) is 11.1. The van der Waals surface area contributed by atoms with Crippen molar-refractivity contribution in [3.05, 3.63) is 29.8 Å². The first-order chi connectivity index (χ1) is 9.21. The van der Waals surface area contributed by atoms with Crippen molar-refractivity contribution in [2.24, 2.45) is 0 Å². The second-order valence-electron chi connectivity index (χ2n) is 6.36. The number of benzene rings is 1. The first kappa shape index (κ1) is 16.8. The van der Waals surface area contributed by atoms with Crippen LogP contribution in [0.2, 0.25) is 18.1 Å². The smallest absolute Gasteiger partial charge is 0.250 e. The number of ether oxygens (including phenoxy) is 1. The van der Waals surface area contributed by atoms with Gasteiger partial charge in [0.2, 0.25) is 0 Å². The van der Waals surface area contributed by atoms with E-state index in [9.17, 15) is 0 Å². The minimum absolute atomic E-state index is 0.0323. The molecular weight excluding hydrogens is 268 g/mol. The number of rotatable bonds is 5. The van der Waals surface area contributed by atoms with Crippen molar-refractivity contribution in [2.45, 2.75) is 38.9 Å². The van der Waals surface area contributed by atoms with Crippen molar-refractivity contribution in [1.29, 1.82) is 0 Å². The van der Waals surface area contributed by atoms with Crippen molar-refractivity contribution >= 4 is 14.4 Å². The summed E-state index contributed by atoms with van der Waals surface area (Å²) in [6, 6.07) is 5.84. The zero-order valence-corrected chi connectivity index (χ0v) is 14.4. The highest BCUT2D eigenvalue weighted by atomic mass is 28.4. The minimum Gasteiger partial charge on any atom is -0.541 e. The highest BCUT2D eigenvalue weighted by molar-refractivity contribution is 6.74. The van der Waals surface area contributed by atoms with Gasteiger partial charge in [0, 0.05) is 0 Å². The van der Waals surface area contributed by atoms with Gasteiger partial charge in [0.25, 0.3) is 8.32 Å². The van der Waals surface area contributed by atoms with Gasteiger partial charge in [0.15, 0.2) is 5.75 Å². The van der Waals surface area contributed by atoms with Gasteiger partial charge in [0.1, 0.15) is 5.75 Å². The Morgan fingerprint density at radius 3 is 2.35 bits per heavy atom. The maximum Gasteiger partial charge on any atom is 0.250 e. The third kappa shape index (κ3) is 4.12. The summed E-state index contributed by atoms with van der Waals surface area (Å²) >= 11 is 0. The van der Waals surface area contributed by atoms with Gasteiger partial charge in [-0.2, -0.15) is 0 Å². The number of hydrogen-bond acceptors (Lipinski definition) is 3. The molecule has 0 aliphatic heterocycles. The van der Waals surface area contributed by atoms with E-state index in [2.05, 4.69) is 33.9 Å². The lowest BCUT2D eigenvalue weighted by molar-refractivity contribution is 0.343. The van der Waals surface area contributed by atoms with Gasteiger partial charge >= 0.3 is 0 Å². The summed E-state index contributed by atoms with van der Waals surface area (Å²) in [5.74, 6) is 1.52. The second-order valence-corrected chi connectivity index (χ2v) is 11.1. The Hall–Kier alpha value is -1.26. The Balaban J connectivity index is 3.05. The molecule has 0 fully saturated rings. The average Bonchev–Trinajstić information content (AvgIpc) is 2.35. The molecule has 1 rings (SSSR count). The van der Waals surface area contributed by atoms with Crippen LogP contribution in [0.25, 0.3) is 6.08 Å². The molecule has 0 unspecified atom stereocenters. The van der Waals surface area contributed by atoms with Crippen molar-refractivity contribution < 1.29 is 14.3 Å². The van der Waals surface area contributed by atoms with Gasteiger partial charge in [-0.25, -0.2) is 0 Å². The largest absolute Gasteiger partial charge is 0.541 e. The average molecular weight is 294 g/mol. The van der Waals surface area contributed by atoms with Crippen molar-refractivity contribution in [3.8, 4) is 11.5 Å². The molecule has 1 aromatic rings. The number of aliphatic hydroxyl groups is 1. The van der Waals surface area contributed by atoms with Gasteiger partial charge in [-0.3, -0.25) is 0 Å². The molecule has 0 aromatic heterocycles. The van der Waals surface area contributed by atoms with Gasteiger partial charge in [-0.1, -0.05) is 39.0 Å². The molecule has 0 aliphatic rings. The molecule has 20 heavy (non-hydrogen) atoms. The van der Waals surface area contributed by atoms with Gasteiger partial charge in [-0.05, 0) is 35.8 Å². The molecule has 112 valence electrons. The van der Waals surface area contributed by atoms with E-state index < -0.39 is 8.32 Å². The Morgan fingerprint density at radius 1 is 1.20 bits per heavy atom. The molecule has 0 bridgehead atoms. The lowest BCUT2D eigenvalue weighted by Gasteiger charge is -2.36. The molecule has 0 spiro atoms. The molecule has 0 radical (unpaired) electrons. The maximum absolute atomic E-state index is 8.81. The van der Waals surface area contributed by atoms with E-state index in [-0.39, 0.29) is 11.6 Å². The van der Waals surface area contributed by atoms with E-state index in [1.165, 1.54) is 0 Å². The molecule has 0 aliphatic carbocycles. The molecule has 1 aromatic carbocycles. The fraction of sp³-hybridized carbons (Fsp3) is 0.500. The van der Waals surface area contributed by atoms with Crippen LogP contribution in [0.15, 0.2) is 24.3 Å². The van der Waals surface area contributed by atoms with Crippen LogP contribution in [0, 0.1) is 0 Å². The predicted octanol–water partition coefficient (Wildman–Crippen LogP) is 4.08. The van der Waals surface area contributed by atoms with E-state index in [4.69, 9.17) is 14.3 Å². The van der Waals surface area contributed by atoms with E-state index in [0.717, 1.165) is 17.1 Å². The molecule has 1 N–H and O–H groups in total. The van der Waals surface area contributed by atoms with E-state index in [1.54, 1.807) is 13.2 Å². The van der Waals surface area contributed by atoms with Crippen LogP contribution < -0.4 is 9.16 Å². The lowest BCUT2D eigenvalue weighted by atomic mass is 10.2. The van der Waals surface area contributed by atoms with Gasteiger partial charge in [0.05, 0.1) is 13.7 Å². The SMILES string of the molecule is COc1cc(/C=C/CO)ccc1O[Si](C)(C)C(C)(C)C. The van der Waals surface area contributed by atoms with Crippen LogP contribution in [0.5, 0.6) is 11.5 Å². The summed E-state index contributed by atoms with van der Waals surface area (Å²) in [4.78, 5) is 0. The van der Waals surface area contributed by atoms with Gasteiger partial charge in [-0.15, -0.1) is 0 Å². The van der Waals surface area contributed by atoms with Crippen LogP contribution in [0.4, 0.5) is 0 Å². The monoisotopic (exact) mass is 294 g/mol. The molecule has 3 nitrogen and oxygen atoms in total. The highest BCUT2D eigenvalue weighted by Crippen LogP contribution is 2.40. The fourth-order valence-electron chi connectivity index (χ4n) is 1.49. The maximum atomic E-state index is 8.81. The molecule has 0 saturated heterocycles. The molecule has 0 amide bonds. The quantitative estimate of drug-likeness (QED) is 0.831. The number of aliphatic hydroxyl groups excluding tert-OH is 1. The first-order valence-corrected chi connectivity index (χ1v) is 9.76. The number of methoxy groups -OCH3 is 1. The summed E-state index contributed by atoms with van der Waals surface area (Å²) in [5.41, 5.74) is 0.985. The van der Waals surface area contributed by atoms with E-state index >= 15 is 0 Å². The zero-order valence-electron chi connectivity index (χ0n) is 13.4. The normalized spacial score (nSPS) is 12.8. The third-order valence-electron chi connectivity index (χ3n) is 3.77. The van der Waals surface area contributed by atoms with Crippen molar-refractivity contribution in [1.82, 2.24) is 0 Å². The van der Waals surface area contributed by atoms with Crippen LogP contribution in [0.3, 0.4) is 0 Å². The van der Waals surface area contributed by atoms with E-state index in [1.807, 2.05) is 24.3 Å². The first-order valence-electron chi connectivity index (χ1n) is 6.86. The summed E-state index contributed by atoms with van der Waals surface area (Å²) in [7, 11) is -0.228. The Kier molecular flexibility index (Phi) is 5.42. The van der Waals surface area contributed by atoms with Crippen molar-refractivity contribution in [2.75, 3.05) is 13.7 Å². The van der Waals surface area contributed by atoms with Crippen LogP contribution in [-0.2, 0) is 0 Å². The zero-order chi connectivity index (χ0) is 15.4. The predicted molar refractivity (Wildman–Crippen MR) is 86.9 cm³/mol. The summed E-state index contributed by atoms with van der Waals surface area (Å²) in [5, 5.41) is 8.96. The van der Waals surface area contributed by atoms with Crippen LogP contribution in [-0.4, -0.2) is 27.1 Å². The third-order valence-corrected chi connectivity index (χ3v) is 8.12. The Morgan fingerprint density at radius 2 is 1.85 bits per heavy atom. The van der Waals surface area contributed by atoms with E-state index in [0.29, 0.717) is 0 Å². The lowest BCUT2D eigenvalue weighted by Crippen LogP contribution is -2.43. The molecule has 0 saturated carbocycles. The Labute approximate surface area is 123 Å². The molecule has 0 atom stereocenters.